The zero-order chi connectivity index (χ0) is 18.8. The van der Waals surface area contributed by atoms with Crippen molar-refractivity contribution in [3.8, 4) is 0 Å². The number of likely N-dealkylation sites (N-methyl/N-ethyl adjacent to an activating group) is 2. The van der Waals surface area contributed by atoms with E-state index in [1.165, 1.54) is 17.0 Å². The molecular weight excluding hydrogens is 346 g/mol. The molecule has 0 radical (unpaired) electrons. The molecule has 0 bridgehead atoms. The van der Waals surface area contributed by atoms with Crippen LogP contribution in [0.5, 0.6) is 0 Å². The van der Waals surface area contributed by atoms with Crippen LogP contribution in [-0.4, -0.2) is 67.2 Å². The number of amides is 1. The fourth-order valence-corrected chi connectivity index (χ4v) is 4.67. The van der Waals surface area contributed by atoms with Crippen LogP contribution in [0.25, 0.3) is 0 Å². The lowest BCUT2D eigenvalue weighted by Gasteiger charge is -2.29. The third-order valence-corrected chi connectivity index (χ3v) is 6.51. The fourth-order valence-electron chi connectivity index (χ4n) is 2.90. The molecule has 8 nitrogen and oxygen atoms in total. The average Bonchev–Trinajstić information content (AvgIpc) is 2.93. The molecule has 0 saturated carbocycles. The summed E-state index contributed by atoms with van der Waals surface area (Å²) < 4.78 is 23.1. The highest BCUT2D eigenvalue weighted by Crippen LogP contribution is 2.23. The van der Waals surface area contributed by atoms with Crippen LogP contribution in [0.3, 0.4) is 0 Å². The molecule has 0 aromatic heterocycles. The molecule has 1 aromatic carbocycles. The van der Waals surface area contributed by atoms with Gasteiger partial charge in [0.25, 0.3) is 5.69 Å². The summed E-state index contributed by atoms with van der Waals surface area (Å²) >= 11 is 0. The van der Waals surface area contributed by atoms with Crippen LogP contribution < -0.4 is 0 Å². The summed E-state index contributed by atoms with van der Waals surface area (Å²) in [5.41, 5.74) is 0.757. The molecule has 1 aliphatic rings. The lowest BCUT2D eigenvalue weighted by Crippen LogP contribution is -2.43. The Balaban J connectivity index is 2.00. The van der Waals surface area contributed by atoms with Gasteiger partial charge in [-0.05, 0) is 26.0 Å². The number of nitro groups is 1. The van der Waals surface area contributed by atoms with E-state index in [9.17, 15) is 23.3 Å². The van der Waals surface area contributed by atoms with Gasteiger partial charge in [0.2, 0.25) is 5.91 Å². The largest absolute Gasteiger partial charge is 0.341 e. The Labute approximate surface area is 147 Å². The fraction of sp³-hybridized carbons (Fsp3) is 0.562. The normalized spacial score (nSPS) is 20.4. The van der Waals surface area contributed by atoms with E-state index < -0.39 is 14.8 Å². The number of sulfone groups is 1. The molecular formula is C16H23N3O5S. The Kier molecular flexibility index (Phi) is 5.79. The van der Waals surface area contributed by atoms with Crippen LogP contribution in [0.2, 0.25) is 0 Å². The summed E-state index contributed by atoms with van der Waals surface area (Å²) in [6, 6.07) is 5.86. The minimum Gasteiger partial charge on any atom is -0.341 e. The van der Waals surface area contributed by atoms with E-state index in [1.54, 1.807) is 31.1 Å². The van der Waals surface area contributed by atoms with Gasteiger partial charge in [0.1, 0.15) is 0 Å². The van der Waals surface area contributed by atoms with Gasteiger partial charge in [0.05, 0.1) is 23.0 Å². The maximum absolute atomic E-state index is 12.4. The first-order valence-electron chi connectivity index (χ1n) is 8.01. The highest BCUT2D eigenvalue weighted by molar-refractivity contribution is 7.91. The quantitative estimate of drug-likeness (QED) is 0.552. The summed E-state index contributed by atoms with van der Waals surface area (Å²) in [6.45, 7) is 1.98. The molecule has 0 N–H and O–H groups in total. The van der Waals surface area contributed by atoms with E-state index in [-0.39, 0.29) is 41.7 Å². The average molecular weight is 369 g/mol. The minimum absolute atomic E-state index is 0.0114. The standard InChI is InChI=1S/C16H23N3O5S/c1-12(13-5-4-6-14(9-13)19(21)22)17(2)10-16(20)18(3)15-7-8-25(23,24)11-15/h4-6,9,12,15H,7-8,10-11H2,1-3H3/t12-,15+/m1/s1. The summed E-state index contributed by atoms with van der Waals surface area (Å²) in [5.74, 6) is -0.0314. The number of non-ortho nitro benzene ring substituents is 1. The van der Waals surface area contributed by atoms with Gasteiger partial charge in [0.15, 0.2) is 9.84 Å². The number of rotatable bonds is 6. The number of hydrogen-bond donors (Lipinski definition) is 0. The lowest BCUT2D eigenvalue weighted by molar-refractivity contribution is -0.384. The van der Waals surface area contributed by atoms with Crippen molar-refractivity contribution in [1.82, 2.24) is 9.80 Å². The minimum atomic E-state index is -3.05. The number of nitro benzene ring substituents is 1. The van der Waals surface area contributed by atoms with E-state index in [4.69, 9.17) is 0 Å². The Morgan fingerprint density at radius 2 is 2.08 bits per heavy atom. The second-order valence-electron chi connectivity index (χ2n) is 6.50. The number of carbonyl (C=O) groups is 1. The molecule has 1 amide bonds. The third-order valence-electron chi connectivity index (χ3n) is 4.76. The van der Waals surface area contributed by atoms with Gasteiger partial charge in [-0.3, -0.25) is 19.8 Å². The molecule has 1 aliphatic heterocycles. The molecule has 0 unspecified atom stereocenters. The maximum Gasteiger partial charge on any atom is 0.269 e. The molecule has 1 saturated heterocycles. The van der Waals surface area contributed by atoms with Crippen molar-refractivity contribution in [2.75, 3.05) is 32.1 Å². The Morgan fingerprint density at radius 1 is 1.40 bits per heavy atom. The first-order chi connectivity index (χ1) is 11.6. The van der Waals surface area contributed by atoms with Gasteiger partial charge in [-0.1, -0.05) is 12.1 Å². The predicted octanol–water partition coefficient (Wildman–Crippen LogP) is 1.23. The van der Waals surface area contributed by atoms with Gasteiger partial charge in [-0.25, -0.2) is 8.42 Å². The van der Waals surface area contributed by atoms with Crippen LogP contribution in [0.4, 0.5) is 5.69 Å². The monoisotopic (exact) mass is 369 g/mol. The number of hydrogen-bond acceptors (Lipinski definition) is 6. The highest BCUT2D eigenvalue weighted by Gasteiger charge is 2.33. The van der Waals surface area contributed by atoms with Crippen LogP contribution in [-0.2, 0) is 14.6 Å². The van der Waals surface area contributed by atoms with Gasteiger partial charge in [0, 0.05) is 31.3 Å². The molecule has 0 spiro atoms. The Morgan fingerprint density at radius 3 is 2.64 bits per heavy atom. The smallest absolute Gasteiger partial charge is 0.269 e. The van der Waals surface area contributed by atoms with Crippen LogP contribution in [0.1, 0.15) is 24.9 Å². The van der Waals surface area contributed by atoms with E-state index in [0.29, 0.717) is 6.42 Å². The second kappa shape index (κ2) is 7.49. The van der Waals surface area contributed by atoms with E-state index >= 15 is 0 Å². The van der Waals surface area contributed by atoms with Crippen molar-refractivity contribution in [1.29, 1.82) is 0 Å². The zero-order valence-electron chi connectivity index (χ0n) is 14.6. The van der Waals surface area contributed by atoms with Crippen molar-refractivity contribution in [2.45, 2.75) is 25.4 Å². The number of benzene rings is 1. The van der Waals surface area contributed by atoms with Gasteiger partial charge >= 0.3 is 0 Å². The zero-order valence-corrected chi connectivity index (χ0v) is 15.4. The molecule has 9 heteroatoms. The van der Waals surface area contributed by atoms with Crippen LogP contribution in [0.15, 0.2) is 24.3 Å². The molecule has 2 atom stereocenters. The van der Waals surface area contributed by atoms with Crippen LogP contribution >= 0.6 is 0 Å². The highest BCUT2D eigenvalue weighted by atomic mass is 32.2. The molecule has 0 aliphatic carbocycles. The molecule has 1 heterocycles. The van der Waals surface area contributed by atoms with Crippen molar-refractivity contribution >= 4 is 21.4 Å². The summed E-state index contributed by atoms with van der Waals surface area (Å²) in [6.07, 6.45) is 0.467. The maximum atomic E-state index is 12.4. The molecule has 1 fully saturated rings. The van der Waals surface area contributed by atoms with E-state index in [2.05, 4.69) is 0 Å². The predicted molar refractivity (Wildman–Crippen MR) is 94.0 cm³/mol. The van der Waals surface area contributed by atoms with Gasteiger partial charge in [-0.2, -0.15) is 0 Å². The summed E-state index contributed by atoms with van der Waals surface area (Å²) in [7, 11) is 0.343. The van der Waals surface area contributed by atoms with Crippen molar-refractivity contribution < 1.29 is 18.1 Å². The van der Waals surface area contributed by atoms with E-state index in [1.807, 2.05) is 6.92 Å². The van der Waals surface area contributed by atoms with Gasteiger partial charge in [-0.15, -0.1) is 0 Å². The number of nitrogens with zero attached hydrogens (tertiary/aromatic N) is 3. The summed E-state index contributed by atoms with van der Waals surface area (Å²) in [5, 5.41) is 10.9. The molecule has 25 heavy (non-hydrogen) atoms. The Bertz CT molecular complexity index is 765. The van der Waals surface area contributed by atoms with Crippen molar-refractivity contribution in [2.24, 2.45) is 0 Å². The molecule has 138 valence electrons. The third kappa shape index (κ3) is 4.76. The first-order valence-corrected chi connectivity index (χ1v) is 9.83. The summed E-state index contributed by atoms with van der Waals surface area (Å²) in [4.78, 5) is 26.2. The van der Waals surface area contributed by atoms with Crippen molar-refractivity contribution in [3.63, 3.8) is 0 Å². The topological polar surface area (TPSA) is 101 Å². The SMILES string of the molecule is C[C@H](c1cccc([N+](=O)[O-])c1)N(C)CC(=O)N(C)[C@H]1CCS(=O)(=O)C1. The molecule has 1 aromatic rings. The second-order valence-corrected chi connectivity index (χ2v) is 8.73. The molecule has 2 rings (SSSR count). The van der Waals surface area contributed by atoms with Crippen LogP contribution in [0, 0.1) is 10.1 Å². The Hall–Kier alpha value is -2.00. The first kappa shape index (κ1) is 19.3. The van der Waals surface area contributed by atoms with E-state index in [0.717, 1.165) is 5.56 Å². The van der Waals surface area contributed by atoms with Gasteiger partial charge < -0.3 is 4.90 Å². The number of carbonyl (C=O) groups excluding carboxylic acids is 1. The van der Waals surface area contributed by atoms with Crippen molar-refractivity contribution in [3.05, 3.63) is 39.9 Å². The lowest BCUT2D eigenvalue weighted by atomic mass is 10.1.